The molecule has 0 spiro atoms. The van der Waals surface area contributed by atoms with Gasteiger partial charge in [0.2, 0.25) is 0 Å². The summed E-state index contributed by atoms with van der Waals surface area (Å²) >= 11 is 5.59. The summed E-state index contributed by atoms with van der Waals surface area (Å²) in [7, 11) is 0. The van der Waals surface area contributed by atoms with Gasteiger partial charge < -0.3 is 0 Å². The smallest absolute Gasteiger partial charge is 0.159 e. The summed E-state index contributed by atoms with van der Waals surface area (Å²) in [6.07, 6.45) is 2.12. The first-order valence-electron chi connectivity index (χ1n) is 5.04. The number of rotatable bonds is 3. The Balaban J connectivity index is 2.38. The van der Waals surface area contributed by atoms with Gasteiger partial charge in [-0.25, -0.2) is 18.7 Å². The lowest BCUT2D eigenvalue weighted by molar-refractivity contribution is 0.509. The third-order valence-corrected chi connectivity index (χ3v) is 2.43. The molecule has 2 aromatic rings. The van der Waals surface area contributed by atoms with Crippen LogP contribution < -0.4 is 0 Å². The van der Waals surface area contributed by atoms with Crippen LogP contribution in [0.2, 0.25) is 0 Å². The first-order valence-corrected chi connectivity index (χ1v) is 5.57. The SMILES string of the molecule is Fc1ccc(-c2ccnc(CCCl)n2)cc1F. The molecule has 0 unspecified atom stereocenters. The lowest BCUT2D eigenvalue weighted by atomic mass is 10.1. The summed E-state index contributed by atoms with van der Waals surface area (Å²) in [6.45, 7) is 0. The predicted molar refractivity (Wildman–Crippen MR) is 61.8 cm³/mol. The van der Waals surface area contributed by atoms with E-state index in [1.807, 2.05) is 0 Å². The molecule has 0 aliphatic rings. The van der Waals surface area contributed by atoms with E-state index in [1.54, 1.807) is 12.3 Å². The van der Waals surface area contributed by atoms with Crippen LogP contribution in [-0.2, 0) is 6.42 Å². The number of alkyl halides is 1. The number of aryl methyl sites for hydroxylation is 1. The summed E-state index contributed by atoms with van der Waals surface area (Å²) in [4.78, 5) is 8.25. The molecule has 0 N–H and O–H groups in total. The second-order valence-electron chi connectivity index (χ2n) is 3.43. The van der Waals surface area contributed by atoms with Crippen LogP contribution in [0.5, 0.6) is 0 Å². The van der Waals surface area contributed by atoms with Crippen LogP contribution in [0.15, 0.2) is 30.5 Å². The monoisotopic (exact) mass is 254 g/mol. The molecule has 0 saturated heterocycles. The first kappa shape index (κ1) is 11.9. The molecule has 5 heteroatoms. The van der Waals surface area contributed by atoms with Crippen molar-refractivity contribution in [2.24, 2.45) is 0 Å². The minimum atomic E-state index is -0.889. The molecule has 0 bridgehead atoms. The molecule has 1 heterocycles. The van der Waals surface area contributed by atoms with E-state index in [4.69, 9.17) is 11.6 Å². The minimum absolute atomic E-state index is 0.418. The summed E-state index contributed by atoms with van der Waals surface area (Å²) < 4.78 is 25.9. The zero-order chi connectivity index (χ0) is 12.3. The number of nitrogens with zero attached hydrogens (tertiary/aromatic N) is 2. The fourth-order valence-corrected chi connectivity index (χ4v) is 1.59. The largest absolute Gasteiger partial charge is 0.241 e. The summed E-state index contributed by atoms with van der Waals surface area (Å²) in [5, 5.41) is 0. The highest BCUT2D eigenvalue weighted by Crippen LogP contribution is 2.19. The van der Waals surface area contributed by atoms with Crippen LogP contribution in [0.25, 0.3) is 11.3 Å². The van der Waals surface area contributed by atoms with E-state index in [-0.39, 0.29) is 0 Å². The average Bonchev–Trinajstić information content (AvgIpc) is 2.33. The molecule has 1 aromatic carbocycles. The van der Waals surface area contributed by atoms with Crippen molar-refractivity contribution in [2.45, 2.75) is 6.42 Å². The zero-order valence-electron chi connectivity index (χ0n) is 8.83. The van der Waals surface area contributed by atoms with Crippen molar-refractivity contribution in [1.82, 2.24) is 9.97 Å². The Morgan fingerprint density at radius 2 is 1.94 bits per heavy atom. The molecule has 0 atom stereocenters. The van der Waals surface area contributed by atoms with Gasteiger partial charge in [0.1, 0.15) is 5.82 Å². The Bertz CT molecular complexity index is 532. The summed E-state index contributed by atoms with van der Waals surface area (Å²) in [5.41, 5.74) is 1.07. The van der Waals surface area contributed by atoms with E-state index in [0.29, 0.717) is 29.4 Å². The molecule has 0 amide bonds. The van der Waals surface area contributed by atoms with Gasteiger partial charge in [-0.05, 0) is 24.3 Å². The quantitative estimate of drug-likeness (QED) is 0.786. The number of halogens is 3. The molecule has 0 aliphatic carbocycles. The van der Waals surface area contributed by atoms with Crippen molar-refractivity contribution < 1.29 is 8.78 Å². The third-order valence-electron chi connectivity index (χ3n) is 2.24. The molecule has 1 aromatic heterocycles. The molecular formula is C12H9ClF2N2. The van der Waals surface area contributed by atoms with Gasteiger partial charge >= 0.3 is 0 Å². The Kier molecular flexibility index (Phi) is 3.64. The molecule has 0 fully saturated rings. The molecule has 0 radical (unpaired) electrons. The Hall–Kier alpha value is -1.55. The maximum Gasteiger partial charge on any atom is 0.159 e. The van der Waals surface area contributed by atoms with Gasteiger partial charge in [-0.15, -0.1) is 11.6 Å². The lowest BCUT2D eigenvalue weighted by Crippen LogP contribution is -1.97. The highest BCUT2D eigenvalue weighted by Gasteiger charge is 2.06. The van der Waals surface area contributed by atoms with Crippen molar-refractivity contribution >= 4 is 11.6 Å². The van der Waals surface area contributed by atoms with Gasteiger partial charge in [0.15, 0.2) is 11.6 Å². The van der Waals surface area contributed by atoms with E-state index in [9.17, 15) is 8.78 Å². The molecule has 2 rings (SSSR count). The molecule has 88 valence electrons. The lowest BCUT2D eigenvalue weighted by Gasteiger charge is -2.03. The van der Waals surface area contributed by atoms with Gasteiger partial charge in [0.05, 0.1) is 5.69 Å². The minimum Gasteiger partial charge on any atom is -0.241 e. The van der Waals surface area contributed by atoms with Crippen molar-refractivity contribution in [2.75, 3.05) is 5.88 Å². The maximum atomic E-state index is 13.1. The Morgan fingerprint density at radius 1 is 1.12 bits per heavy atom. The maximum absolute atomic E-state index is 13.1. The zero-order valence-corrected chi connectivity index (χ0v) is 9.59. The van der Waals surface area contributed by atoms with E-state index in [1.165, 1.54) is 6.07 Å². The van der Waals surface area contributed by atoms with E-state index in [2.05, 4.69) is 9.97 Å². The van der Waals surface area contributed by atoms with Crippen LogP contribution >= 0.6 is 11.6 Å². The van der Waals surface area contributed by atoms with E-state index >= 15 is 0 Å². The van der Waals surface area contributed by atoms with Crippen molar-refractivity contribution in [3.05, 3.63) is 47.9 Å². The van der Waals surface area contributed by atoms with Gasteiger partial charge in [-0.3, -0.25) is 0 Å². The fourth-order valence-electron chi connectivity index (χ4n) is 1.42. The van der Waals surface area contributed by atoms with E-state index in [0.717, 1.165) is 12.1 Å². The number of benzene rings is 1. The normalized spacial score (nSPS) is 10.5. The topological polar surface area (TPSA) is 25.8 Å². The van der Waals surface area contributed by atoms with Crippen LogP contribution in [0, 0.1) is 11.6 Å². The Labute approximate surface area is 102 Å². The van der Waals surface area contributed by atoms with Crippen molar-refractivity contribution in [1.29, 1.82) is 0 Å². The van der Waals surface area contributed by atoms with Crippen LogP contribution in [0.1, 0.15) is 5.82 Å². The molecule has 0 aliphatic heterocycles. The van der Waals surface area contributed by atoms with Crippen molar-refractivity contribution in [3.8, 4) is 11.3 Å². The second-order valence-corrected chi connectivity index (χ2v) is 3.80. The molecular weight excluding hydrogens is 246 g/mol. The third kappa shape index (κ3) is 2.77. The molecule has 2 nitrogen and oxygen atoms in total. The predicted octanol–water partition coefficient (Wildman–Crippen LogP) is 3.20. The van der Waals surface area contributed by atoms with Crippen LogP contribution in [0.3, 0.4) is 0 Å². The highest BCUT2D eigenvalue weighted by atomic mass is 35.5. The highest BCUT2D eigenvalue weighted by molar-refractivity contribution is 6.17. The fraction of sp³-hybridized carbons (Fsp3) is 0.167. The standard InChI is InChI=1S/C12H9ClF2N2/c13-5-3-12-16-6-4-11(17-12)8-1-2-9(14)10(15)7-8/h1-2,4,6-7H,3,5H2. The summed E-state index contributed by atoms with van der Waals surface area (Å²) in [6, 6.07) is 5.31. The first-order chi connectivity index (χ1) is 8.20. The van der Waals surface area contributed by atoms with Crippen molar-refractivity contribution in [3.63, 3.8) is 0 Å². The summed E-state index contributed by atoms with van der Waals surface area (Å²) in [5.74, 6) is -0.757. The van der Waals surface area contributed by atoms with E-state index < -0.39 is 11.6 Å². The molecule has 17 heavy (non-hydrogen) atoms. The van der Waals surface area contributed by atoms with Gasteiger partial charge in [-0.1, -0.05) is 0 Å². The van der Waals surface area contributed by atoms with Gasteiger partial charge in [0, 0.05) is 24.1 Å². The van der Waals surface area contributed by atoms with Gasteiger partial charge in [-0.2, -0.15) is 0 Å². The number of hydrogen-bond acceptors (Lipinski definition) is 2. The second kappa shape index (κ2) is 5.19. The van der Waals surface area contributed by atoms with Crippen LogP contribution in [-0.4, -0.2) is 15.8 Å². The molecule has 0 saturated carbocycles. The van der Waals surface area contributed by atoms with Gasteiger partial charge in [0.25, 0.3) is 0 Å². The number of aromatic nitrogens is 2. The van der Waals surface area contributed by atoms with Crippen LogP contribution in [0.4, 0.5) is 8.78 Å². The average molecular weight is 255 g/mol. The Morgan fingerprint density at radius 3 is 2.65 bits per heavy atom. The number of hydrogen-bond donors (Lipinski definition) is 0.